The molecule has 12 rings (SSSR count). The van der Waals surface area contributed by atoms with Gasteiger partial charge in [0.15, 0.2) is 10.8 Å². The fourth-order valence-electron chi connectivity index (χ4n) is 12.2. The van der Waals surface area contributed by atoms with Crippen molar-refractivity contribution in [3.05, 3.63) is 326 Å². The first-order valence-corrected chi connectivity index (χ1v) is 31.6. The molecule has 2 aromatic heterocycles. The summed E-state index contributed by atoms with van der Waals surface area (Å²) in [6, 6.07) is 76.2. The Morgan fingerprint density at radius 3 is 1.57 bits per heavy atom. The van der Waals surface area contributed by atoms with Crippen LogP contribution in [0.25, 0.3) is 0 Å². The van der Waals surface area contributed by atoms with Gasteiger partial charge in [0.05, 0.1) is 12.2 Å². The summed E-state index contributed by atoms with van der Waals surface area (Å²) >= 11 is 9.83. The van der Waals surface area contributed by atoms with E-state index in [2.05, 4.69) is 15.7 Å². The highest BCUT2D eigenvalue weighted by Crippen LogP contribution is 2.52. The maximum Gasteiger partial charge on any atom is 0.435 e. The molecule has 2 aliphatic heterocycles. The van der Waals surface area contributed by atoms with E-state index < -0.39 is 64.5 Å². The first-order chi connectivity index (χ1) is 43.7. The number of thiazole rings is 1. The largest absolute Gasteiger partial charge is 0.477 e. The topological polar surface area (TPSA) is 177 Å². The third-order valence-electron chi connectivity index (χ3n) is 16.1. The molecule has 3 N–H and O–H groups in total. The van der Waals surface area contributed by atoms with E-state index in [4.69, 9.17) is 31.3 Å². The van der Waals surface area contributed by atoms with Crippen molar-refractivity contribution in [1.82, 2.24) is 25.0 Å². The Kier molecular flexibility index (Phi) is 17.5. The highest BCUT2D eigenvalue weighted by atomic mass is 35.5. The lowest BCUT2D eigenvalue weighted by molar-refractivity contribution is -0.156. The van der Waals surface area contributed by atoms with Crippen molar-refractivity contribution >= 4 is 69.4 Å². The minimum absolute atomic E-state index is 0.0361. The van der Waals surface area contributed by atoms with Crippen LogP contribution in [0.1, 0.15) is 88.9 Å². The quantitative estimate of drug-likeness (QED) is 0.0286. The molecule has 450 valence electrons. The minimum atomic E-state index is -1.48. The maximum absolute atomic E-state index is 15.9. The fourth-order valence-corrected chi connectivity index (χ4v) is 14.5. The minimum Gasteiger partial charge on any atom is -0.477 e. The third-order valence-corrected chi connectivity index (χ3v) is 18.6. The SMILES string of the molecule is CC(C)(C)OC(=O)n1cc(CSC2=C(C(=O)O)N3C(=O)[C@@H](NC(=O)C(=NOC(c4ccccc4)(c4ccccc4)c4ccccc4)c4nc(NC(c5ccccc5)(c5ccccc5)c5ccccc5)sc4Cl)[C@H]3CC2C(c2ccccc2)c2ccccc2)cn1. The number of anilines is 1. The molecule has 2 aliphatic rings. The second kappa shape index (κ2) is 26.1. The zero-order valence-electron chi connectivity index (χ0n) is 49.3. The van der Waals surface area contributed by atoms with Gasteiger partial charge in [-0.1, -0.05) is 271 Å². The van der Waals surface area contributed by atoms with Gasteiger partial charge in [-0.3, -0.25) is 14.5 Å². The van der Waals surface area contributed by atoms with E-state index in [1.165, 1.54) is 22.9 Å². The van der Waals surface area contributed by atoms with Crippen molar-refractivity contribution in [2.75, 3.05) is 5.32 Å². The molecular formula is C73H62ClN7O7S2. The van der Waals surface area contributed by atoms with Gasteiger partial charge in [-0.15, -0.1) is 11.8 Å². The van der Waals surface area contributed by atoms with E-state index in [0.29, 0.717) is 32.3 Å². The Hall–Kier alpha value is -9.87. The molecule has 90 heavy (non-hydrogen) atoms. The van der Waals surface area contributed by atoms with Crippen molar-refractivity contribution in [2.45, 2.75) is 67.7 Å². The number of rotatable bonds is 20. The van der Waals surface area contributed by atoms with Gasteiger partial charge in [0.2, 0.25) is 5.60 Å². The Bertz CT molecular complexity index is 4000. The molecule has 8 aromatic carbocycles. The predicted molar refractivity (Wildman–Crippen MR) is 352 cm³/mol. The zero-order valence-corrected chi connectivity index (χ0v) is 51.7. The van der Waals surface area contributed by atoms with Gasteiger partial charge in [0.1, 0.15) is 32.9 Å². The smallest absolute Gasteiger partial charge is 0.435 e. The predicted octanol–water partition coefficient (Wildman–Crippen LogP) is 14.7. The first-order valence-electron chi connectivity index (χ1n) is 29.4. The number of carboxylic acids is 1. The van der Waals surface area contributed by atoms with E-state index in [1.807, 2.05) is 243 Å². The van der Waals surface area contributed by atoms with Crippen LogP contribution in [0, 0.1) is 5.92 Å². The standard InChI is InChI=1S/C73H62ClN7O7S2/c1-71(2,3)87-70(86)80-46-48(45-75-80)47-89-64-57(59(49-28-12-4-13-29-49)50-30-14-5-15-31-50)44-58-60(67(83)81(58)63(64)68(84)85)76-66(82)62(79-88-73(54-38-22-9-23-39-54,55-40-24-10-25-41-55)56-42-26-11-27-43-56)61-65(74)90-69(77-61)78-72(51-32-16-6-17-33-51,52-34-18-7-19-35-52)53-36-20-8-21-37-53/h4-43,45-46,57-60H,44,47H2,1-3H3,(H,76,82)(H,77,78)(H,84,85)/t57?,58-,60+/m1/s1. The average molecular weight is 1250 g/mol. The van der Waals surface area contributed by atoms with E-state index in [-0.39, 0.29) is 33.6 Å². The van der Waals surface area contributed by atoms with Crippen LogP contribution < -0.4 is 10.6 Å². The molecule has 2 amide bonds. The number of aliphatic carboxylic acids is 1. The van der Waals surface area contributed by atoms with E-state index in [1.54, 1.807) is 27.0 Å². The van der Waals surface area contributed by atoms with Gasteiger partial charge in [-0.25, -0.2) is 14.6 Å². The summed E-state index contributed by atoms with van der Waals surface area (Å²) in [6.07, 6.45) is 2.65. The number of thioether (sulfide) groups is 1. The number of carbonyl (C=O) groups excluding carboxylic acids is 3. The second-order valence-electron chi connectivity index (χ2n) is 22.9. The number of β-lactam (4-membered cyclic amide) rings is 1. The first kappa shape index (κ1) is 60.4. The van der Waals surface area contributed by atoms with Crippen molar-refractivity contribution in [2.24, 2.45) is 11.1 Å². The van der Waals surface area contributed by atoms with Crippen LogP contribution in [0.4, 0.5) is 9.93 Å². The number of nitrogens with one attached hydrogen (secondary N) is 2. The van der Waals surface area contributed by atoms with E-state index >= 15 is 9.59 Å². The van der Waals surface area contributed by atoms with Gasteiger partial charge in [-0.05, 0) is 55.0 Å². The van der Waals surface area contributed by atoms with Crippen LogP contribution >= 0.6 is 34.7 Å². The molecule has 0 bridgehead atoms. The van der Waals surface area contributed by atoms with E-state index in [0.717, 1.165) is 43.8 Å². The Morgan fingerprint density at radius 1 is 0.678 bits per heavy atom. The number of benzene rings is 8. The van der Waals surface area contributed by atoms with Crippen molar-refractivity contribution in [3.63, 3.8) is 0 Å². The number of carboxylic acid groups (broad SMARTS) is 1. The van der Waals surface area contributed by atoms with Crippen molar-refractivity contribution in [1.29, 1.82) is 0 Å². The Balaban J connectivity index is 0.977. The molecule has 17 heteroatoms. The number of hydrogen-bond donors (Lipinski definition) is 3. The van der Waals surface area contributed by atoms with Gasteiger partial charge in [0, 0.05) is 50.9 Å². The fraction of sp³-hybridized carbons (Fsp3) is 0.164. The van der Waals surface area contributed by atoms with Gasteiger partial charge in [-0.2, -0.15) is 9.78 Å². The zero-order chi connectivity index (χ0) is 62.4. The molecule has 0 aliphatic carbocycles. The molecular weight excluding hydrogens is 1190 g/mol. The lowest BCUT2D eigenvalue weighted by Gasteiger charge is -2.53. The highest BCUT2D eigenvalue weighted by Gasteiger charge is 2.57. The van der Waals surface area contributed by atoms with Crippen LogP contribution in [0.3, 0.4) is 0 Å². The van der Waals surface area contributed by atoms with Crippen molar-refractivity contribution < 1.29 is 33.9 Å². The number of hydrogen-bond acceptors (Lipinski definition) is 12. The lowest BCUT2D eigenvalue weighted by Crippen LogP contribution is -2.73. The van der Waals surface area contributed by atoms with E-state index in [9.17, 15) is 14.7 Å². The molecule has 0 spiro atoms. The molecule has 3 atom stereocenters. The number of oxime groups is 1. The van der Waals surface area contributed by atoms with Crippen LogP contribution in [-0.4, -0.2) is 72.0 Å². The summed E-state index contributed by atoms with van der Waals surface area (Å²) in [4.78, 5) is 72.2. The maximum atomic E-state index is 15.9. The summed E-state index contributed by atoms with van der Waals surface area (Å²) < 4.78 is 6.77. The molecule has 10 aromatic rings. The normalized spacial score (nSPS) is 16.0. The van der Waals surface area contributed by atoms with Crippen LogP contribution in [-0.2, 0) is 40.9 Å². The second-order valence-corrected chi connectivity index (χ2v) is 25.5. The van der Waals surface area contributed by atoms with Crippen LogP contribution in [0.2, 0.25) is 4.34 Å². The number of fused-ring (bicyclic) bond motifs is 1. The number of ether oxygens (including phenoxy) is 1. The summed E-state index contributed by atoms with van der Waals surface area (Å²) in [5, 5.41) is 27.8. The van der Waals surface area contributed by atoms with Crippen LogP contribution in [0.5, 0.6) is 0 Å². The average Bonchev–Trinajstić information content (AvgIpc) is 0.770. The molecule has 0 saturated carbocycles. The molecule has 14 nitrogen and oxygen atoms in total. The Morgan fingerprint density at radius 2 is 1.12 bits per heavy atom. The number of carbonyl (C=O) groups is 4. The molecule has 4 heterocycles. The summed E-state index contributed by atoms with van der Waals surface area (Å²) in [5.74, 6) is -3.62. The van der Waals surface area contributed by atoms with Gasteiger partial charge >= 0.3 is 12.1 Å². The summed E-state index contributed by atoms with van der Waals surface area (Å²) in [6.45, 7) is 5.29. The summed E-state index contributed by atoms with van der Waals surface area (Å²) in [7, 11) is 0. The van der Waals surface area contributed by atoms with Gasteiger partial charge in [0.25, 0.3) is 11.8 Å². The third kappa shape index (κ3) is 12.1. The monoisotopic (exact) mass is 1250 g/mol. The number of nitrogens with zero attached hydrogens (tertiary/aromatic N) is 5. The van der Waals surface area contributed by atoms with Gasteiger partial charge < -0.3 is 25.3 Å². The Labute approximate surface area is 534 Å². The number of halogens is 1. The molecule has 0 radical (unpaired) electrons. The lowest BCUT2D eigenvalue weighted by atomic mass is 9.71. The number of allylic oxidation sites excluding steroid dienone is 1. The summed E-state index contributed by atoms with van der Waals surface area (Å²) in [5.41, 5.74) is 3.34. The molecule has 1 saturated heterocycles. The highest BCUT2D eigenvalue weighted by molar-refractivity contribution is 8.02. The van der Waals surface area contributed by atoms with Crippen molar-refractivity contribution in [3.8, 4) is 0 Å². The molecule has 1 fully saturated rings. The van der Waals surface area contributed by atoms with Crippen LogP contribution in [0.15, 0.2) is 271 Å². The number of amides is 2. The molecule has 1 unspecified atom stereocenters. The number of aromatic nitrogens is 3.